The van der Waals surface area contributed by atoms with Gasteiger partial charge in [-0.05, 0) is 45.6 Å². The minimum Gasteiger partial charge on any atom is -0.324 e. The van der Waals surface area contributed by atoms with E-state index in [9.17, 15) is 0 Å². The van der Waals surface area contributed by atoms with Gasteiger partial charge in [-0.15, -0.1) is 0 Å². The number of nitrogens with zero attached hydrogens (tertiary/aromatic N) is 1. The molecule has 0 fully saturated rings. The molecular weight excluding hydrogens is 244 g/mol. The van der Waals surface area contributed by atoms with E-state index in [1.54, 1.807) is 0 Å². The van der Waals surface area contributed by atoms with Crippen molar-refractivity contribution in [1.82, 2.24) is 4.90 Å². The molecule has 1 unspecified atom stereocenters. The highest BCUT2D eigenvalue weighted by Crippen LogP contribution is 2.19. The molecule has 0 spiro atoms. The van der Waals surface area contributed by atoms with E-state index in [4.69, 9.17) is 5.73 Å². The number of benzene rings is 1. The molecule has 1 atom stereocenters. The average molecular weight is 276 g/mol. The summed E-state index contributed by atoms with van der Waals surface area (Å²) in [6.45, 7) is 15.6. The van der Waals surface area contributed by atoms with E-state index in [1.165, 1.54) is 16.7 Å². The largest absolute Gasteiger partial charge is 0.324 e. The quantitative estimate of drug-likeness (QED) is 0.813. The van der Waals surface area contributed by atoms with Gasteiger partial charge in [0.1, 0.15) is 0 Å². The third-order valence-corrected chi connectivity index (χ3v) is 3.73. The lowest BCUT2D eigenvalue weighted by Gasteiger charge is -2.29. The van der Waals surface area contributed by atoms with Gasteiger partial charge in [-0.1, -0.05) is 43.2 Å². The monoisotopic (exact) mass is 276 g/mol. The predicted molar refractivity (Wildman–Crippen MR) is 89.0 cm³/mol. The topological polar surface area (TPSA) is 29.3 Å². The first-order valence-corrected chi connectivity index (χ1v) is 7.87. The summed E-state index contributed by atoms with van der Waals surface area (Å²) in [6, 6.07) is 7.38. The lowest BCUT2D eigenvalue weighted by molar-refractivity contribution is 0.191. The van der Waals surface area contributed by atoms with E-state index < -0.39 is 0 Å². The molecule has 1 rings (SSSR count). The molecule has 0 amide bonds. The van der Waals surface area contributed by atoms with Gasteiger partial charge >= 0.3 is 0 Å². The summed E-state index contributed by atoms with van der Waals surface area (Å²) in [5.74, 6) is 0.704. The first kappa shape index (κ1) is 17.2. The maximum absolute atomic E-state index is 6.39. The molecule has 114 valence electrons. The fraction of sp³-hybridized carbons (Fsp3) is 0.667. The van der Waals surface area contributed by atoms with Crippen LogP contribution in [0.5, 0.6) is 0 Å². The third-order valence-electron chi connectivity index (χ3n) is 3.73. The number of hydrogen-bond donors (Lipinski definition) is 1. The number of rotatable bonds is 7. The molecule has 20 heavy (non-hydrogen) atoms. The molecule has 2 N–H and O–H groups in total. The van der Waals surface area contributed by atoms with Gasteiger partial charge in [0.15, 0.2) is 0 Å². The Kier molecular flexibility index (Phi) is 6.70. The van der Waals surface area contributed by atoms with Crippen molar-refractivity contribution < 1.29 is 0 Å². The van der Waals surface area contributed by atoms with Crippen LogP contribution in [0.3, 0.4) is 0 Å². The molecule has 0 aliphatic carbocycles. The second kappa shape index (κ2) is 7.80. The van der Waals surface area contributed by atoms with Gasteiger partial charge < -0.3 is 10.6 Å². The average Bonchev–Trinajstić information content (AvgIpc) is 2.32. The van der Waals surface area contributed by atoms with Gasteiger partial charge in [0.2, 0.25) is 0 Å². The Balaban J connectivity index is 2.62. The Morgan fingerprint density at radius 2 is 1.55 bits per heavy atom. The van der Waals surface area contributed by atoms with Crippen molar-refractivity contribution in [3.05, 3.63) is 34.9 Å². The Morgan fingerprint density at radius 1 is 1.00 bits per heavy atom. The Morgan fingerprint density at radius 3 is 2.00 bits per heavy atom. The highest BCUT2D eigenvalue weighted by molar-refractivity contribution is 5.30. The van der Waals surface area contributed by atoms with Crippen molar-refractivity contribution >= 4 is 0 Å². The molecule has 0 heterocycles. The van der Waals surface area contributed by atoms with E-state index in [1.807, 2.05) is 0 Å². The fourth-order valence-corrected chi connectivity index (χ4v) is 2.72. The van der Waals surface area contributed by atoms with Crippen LogP contribution in [0.25, 0.3) is 0 Å². The Labute approximate surface area is 125 Å². The summed E-state index contributed by atoms with van der Waals surface area (Å²) in [5.41, 5.74) is 10.3. The van der Waals surface area contributed by atoms with Crippen LogP contribution in [0.4, 0.5) is 0 Å². The molecule has 0 saturated carbocycles. The summed E-state index contributed by atoms with van der Waals surface area (Å²) >= 11 is 0. The predicted octanol–water partition coefficient (Wildman–Crippen LogP) is 4.06. The van der Waals surface area contributed by atoms with Gasteiger partial charge in [-0.3, -0.25) is 0 Å². The smallest absolute Gasteiger partial charge is 0.0307 e. The van der Waals surface area contributed by atoms with Gasteiger partial charge in [0.05, 0.1) is 0 Å². The molecular formula is C18H32N2. The van der Waals surface area contributed by atoms with Gasteiger partial charge in [0, 0.05) is 25.2 Å². The third kappa shape index (κ3) is 5.64. The van der Waals surface area contributed by atoms with Crippen molar-refractivity contribution in [3.8, 4) is 0 Å². The zero-order valence-electron chi connectivity index (χ0n) is 14.1. The van der Waals surface area contributed by atoms with E-state index in [-0.39, 0.29) is 6.04 Å². The molecule has 0 radical (unpaired) electrons. The van der Waals surface area contributed by atoms with Crippen LogP contribution in [0.2, 0.25) is 0 Å². The van der Waals surface area contributed by atoms with Crippen LogP contribution in [0.1, 0.15) is 56.8 Å². The molecule has 2 heteroatoms. The van der Waals surface area contributed by atoms with Gasteiger partial charge in [-0.2, -0.15) is 0 Å². The molecule has 0 aliphatic heterocycles. The zero-order valence-corrected chi connectivity index (χ0v) is 14.1. The van der Waals surface area contributed by atoms with Crippen LogP contribution in [0, 0.1) is 19.8 Å². The molecule has 1 aromatic rings. The van der Waals surface area contributed by atoms with Crippen LogP contribution in [0.15, 0.2) is 18.2 Å². The number of aryl methyl sites for hydroxylation is 2. The standard InChI is InChI=1S/C18H32N2/c1-13(2)12-20(14(3)4)8-7-18(19)17-10-15(5)9-16(6)11-17/h9-11,13-14,18H,7-8,12,19H2,1-6H3. The maximum atomic E-state index is 6.39. The van der Waals surface area contributed by atoms with Crippen molar-refractivity contribution in [1.29, 1.82) is 0 Å². The van der Waals surface area contributed by atoms with E-state index in [2.05, 4.69) is 64.6 Å². The summed E-state index contributed by atoms with van der Waals surface area (Å²) in [6.07, 6.45) is 1.02. The molecule has 2 nitrogen and oxygen atoms in total. The van der Waals surface area contributed by atoms with Gasteiger partial charge in [-0.25, -0.2) is 0 Å². The van der Waals surface area contributed by atoms with E-state index in [0.717, 1.165) is 19.5 Å². The Bertz CT molecular complexity index is 390. The van der Waals surface area contributed by atoms with Crippen molar-refractivity contribution in [2.75, 3.05) is 13.1 Å². The first-order valence-electron chi connectivity index (χ1n) is 7.87. The second-order valence-corrected chi connectivity index (χ2v) is 6.80. The van der Waals surface area contributed by atoms with Crippen LogP contribution >= 0.6 is 0 Å². The Hall–Kier alpha value is -0.860. The normalized spacial score (nSPS) is 13.5. The van der Waals surface area contributed by atoms with Crippen molar-refractivity contribution in [2.24, 2.45) is 11.7 Å². The highest BCUT2D eigenvalue weighted by atomic mass is 15.1. The van der Waals surface area contributed by atoms with Crippen LogP contribution in [-0.2, 0) is 0 Å². The van der Waals surface area contributed by atoms with E-state index >= 15 is 0 Å². The molecule has 0 aliphatic rings. The molecule has 1 aromatic carbocycles. The minimum atomic E-state index is 0.141. The second-order valence-electron chi connectivity index (χ2n) is 6.80. The summed E-state index contributed by atoms with van der Waals surface area (Å²) in [4.78, 5) is 2.53. The van der Waals surface area contributed by atoms with Crippen LogP contribution < -0.4 is 5.73 Å². The van der Waals surface area contributed by atoms with Crippen molar-refractivity contribution in [3.63, 3.8) is 0 Å². The lowest BCUT2D eigenvalue weighted by atomic mass is 9.99. The first-order chi connectivity index (χ1) is 9.29. The van der Waals surface area contributed by atoms with Crippen molar-refractivity contribution in [2.45, 2.75) is 60.0 Å². The number of nitrogens with two attached hydrogens (primary N) is 1. The minimum absolute atomic E-state index is 0.141. The molecule has 0 aromatic heterocycles. The maximum Gasteiger partial charge on any atom is 0.0307 e. The summed E-state index contributed by atoms with van der Waals surface area (Å²) in [5, 5.41) is 0. The molecule has 0 saturated heterocycles. The highest BCUT2D eigenvalue weighted by Gasteiger charge is 2.14. The number of hydrogen-bond acceptors (Lipinski definition) is 2. The van der Waals surface area contributed by atoms with Gasteiger partial charge in [0.25, 0.3) is 0 Å². The summed E-state index contributed by atoms with van der Waals surface area (Å²) in [7, 11) is 0. The SMILES string of the molecule is Cc1cc(C)cc(C(N)CCN(CC(C)C)C(C)C)c1. The fourth-order valence-electron chi connectivity index (χ4n) is 2.72. The zero-order chi connectivity index (χ0) is 15.3. The van der Waals surface area contributed by atoms with Crippen LogP contribution in [-0.4, -0.2) is 24.0 Å². The lowest BCUT2D eigenvalue weighted by Crippen LogP contribution is -2.36. The van der Waals surface area contributed by atoms with E-state index in [0.29, 0.717) is 12.0 Å². The molecule has 0 bridgehead atoms. The summed E-state index contributed by atoms with van der Waals surface area (Å²) < 4.78 is 0.